The van der Waals surface area contributed by atoms with Crippen LogP contribution >= 0.6 is 0 Å². The molecule has 1 aliphatic rings. The zero-order chi connectivity index (χ0) is 8.81. The van der Waals surface area contributed by atoms with Crippen molar-refractivity contribution in [3.63, 3.8) is 0 Å². The van der Waals surface area contributed by atoms with E-state index < -0.39 is 0 Å². The van der Waals surface area contributed by atoms with E-state index in [1.807, 2.05) is 6.92 Å². The van der Waals surface area contributed by atoms with E-state index in [1.54, 1.807) is 0 Å². The van der Waals surface area contributed by atoms with Gasteiger partial charge in [0.2, 0.25) is 0 Å². The van der Waals surface area contributed by atoms with Gasteiger partial charge in [0.1, 0.15) is 0 Å². The van der Waals surface area contributed by atoms with Gasteiger partial charge in [-0.2, -0.15) is 0 Å². The summed E-state index contributed by atoms with van der Waals surface area (Å²) in [6.07, 6.45) is 3.46. The monoisotopic (exact) mass is 173 g/mol. The van der Waals surface area contributed by atoms with Gasteiger partial charge >= 0.3 is 0 Å². The van der Waals surface area contributed by atoms with Crippen molar-refractivity contribution in [1.29, 1.82) is 0 Å². The van der Waals surface area contributed by atoms with Crippen LogP contribution in [-0.4, -0.2) is 37.0 Å². The van der Waals surface area contributed by atoms with Crippen molar-refractivity contribution in [3.05, 3.63) is 0 Å². The average molecular weight is 173 g/mol. The Morgan fingerprint density at radius 1 is 1.58 bits per heavy atom. The first-order chi connectivity index (χ1) is 5.86. The topological polar surface area (TPSA) is 41.5 Å². The molecule has 0 aromatic carbocycles. The van der Waals surface area contributed by atoms with Crippen molar-refractivity contribution in [3.8, 4) is 0 Å². The van der Waals surface area contributed by atoms with Gasteiger partial charge in [-0.25, -0.2) is 0 Å². The number of hydrogen-bond acceptors (Lipinski definition) is 3. The lowest BCUT2D eigenvalue weighted by Crippen LogP contribution is -2.35. The molecule has 72 valence electrons. The third kappa shape index (κ3) is 4.04. The highest BCUT2D eigenvalue weighted by Gasteiger charge is 2.23. The summed E-state index contributed by atoms with van der Waals surface area (Å²) in [6, 6.07) is 0.910. The van der Waals surface area contributed by atoms with E-state index >= 15 is 0 Å². The molecular formula is C9H19NO2. The van der Waals surface area contributed by atoms with Crippen LogP contribution in [0, 0.1) is 0 Å². The smallest absolute Gasteiger partial charge is 0.0585 e. The van der Waals surface area contributed by atoms with Crippen LogP contribution in [0.2, 0.25) is 0 Å². The Labute approximate surface area is 74.1 Å². The van der Waals surface area contributed by atoms with Gasteiger partial charge < -0.3 is 15.2 Å². The van der Waals surface area contributed by atoms with Crippen LogP contribution in [0.4, 0.5) is 0 Å². The van der Waals surface area contributed by atoms with E-state index in [2.05, 4.69) is 5.32 Å². The molecule has 0 aromatic heterocycles. The molecule has 1 unspecified atom stereocenters. The van der Waals surface area contributed by atoms with Crippen molar-refractivity contribution < 1.29 is 9.84 Å². The second-order valence-electron chi connectivity index (χ2n) is 3.31. The first-order valence-corrected chi connectivity index (χ1v) is 4.81. The Morgan fingerprint density at radius 3 is 2.83 bits per heavy atom. The summed E-state index contributed by atoms with van der Waals surface area (Å²) in [5, 5.41) is 12.4. The van der Waals surface area contributed by atoms with Crippen LogP contribution in [-0.2, 0) is 4.74 Å². The summed E-state index contributed by atoms with van der Waals surface area (Å²) in [7, 11) is 0. The predicted octanol–water partition coefficient (Wildman–Crippen LogP) is 0.526. The number of hydrogen-bond donors (Lipinski definition) is 2. The van der Waals surface area contributed by atoms with Crippen molar-refractivity contribution in [2.45, 2.75) is 38.3 Å². The minimum atomic E-state index is 0.226. The summed E-state index contributed by atoms with van der Waals surface area (Å²) in [5.41, 5.74) is 0. The lowest BCUT2D eigenvalue weighted by molar-refractivity contribution is 0.124. The molecular weight excluding hydrogens is 154 g/mol. The zero-order valence-corrected chi connectivity index (χ0v) is 7.75. The van der Waals surface area contributed by atoms with Crippen LogP contribution in [0.25, 0.3) is 0 Å². The highest BCUT2D eigenvalue weighted by Crippen LogP contribution is 2.19. The molecule has 3 heteroatoms. The van der Waals surface area contributed by atoms with Crippen LogP contribution in [0.3, 0.4) is 0 Å². The van der Waals surface area contributed by atoms with Gasteiger partial charge in [0.15, 0.2) is 0 Å². The zero-order valence-electron chi connectivity index (χ0n) is 7.75. The SMILES string of the molecule is CCOCCC(CO)NC1CC1. The van der Waals surface area contributed by atoms with Gasteiger partial charge in [-0.1, -0.05) is 0 Å². The fourth-order valence-electron chi connectivity index (χ4n) is 1.18. The molecule has 0 aliphatic heterocycles. The van der Waals surface area contributed by atoms with E-state index in [9.17, 15) is 0 Å². The molecule has 0 heterocycles. The maximum Gasteiger partial charge on any atom is 0.0585 e. The highest BCUT2D eigenvalue weighted by atomic mass is 16.5. The molecule has 0 spiro atoms. The molecule has 0 bridgehead atoms. The number of rotatable bonds is 7. The minimum absolute atomic E-state index is 0.226. The van der Waals surface area contributed by atoms with E-state index in [0.29, 0.717) is 6.04 Å². The Hall–Kier alpha value is -0.120. The normalized spacial score (nSPS) is 19.5. The van der Waals surface area contributed by atoms with E-state index in [-0.39, 0.29) is 12.6 Å². The average Bonchev–Trinajstić information content (AvgIpc) is 2.87. The Bertz CT molecular complexity index is 115. The highest BCUT2D eigenvalue weighted by molar-refractivity contribution is 4.84. The number of ether oxygens (including phenoxy) is 1. The van der Waals surface area contributed by atoms with Gasteiger partial charge in [0.05, 0.1) is 6.61 Å². The standard InChI is InChI=1S/C9H19NO2/c1-2-12-6-5-9(7-11)10-8-3-4-8/h8-11H,2-7H2,1H3. The van der Waals surface area contributed by atoms with Crippen molar-refractivity contribution in [1.82, 2.24) is 5.32 Å². The van der Waals surface area contributed by atoms with Crippen LogP contribution in [0.5, 0.6) is 0 Å². The van der Waals surface area contributed by atoms with E-state index in [4.69, 9.17) is 9.84 Å². The van der Waals surface area contributed by atoms with Crippen LogP contribution in [0.15, 0.2) is 0 Å². The fourth-order valence-corrected chi connectivity index (χ4v) is 1.18. The van der Waals surface area contributed by atoms with Gasteiger partial charge in [0, 0.05) is 25.3 Å². The van der Waals surface area contributed by atoms with Gasteiger partial charge in [-0.3, -0.25) is 0 Å². The largest absolute Gasteiger partial charge is 0.395 e. The first kappa shape index (κ1) is 9.96. The summed E-state index contributed by atoms with van der Waals surface area (Å²) in [6.45, 7) is 3.73. The molecule has 1 fully saturated rings. The predicted molar refractivity (Wildman–Crippen MR) is 48.1 cm³/mol. The van der Waals surface area contributed by atoms with Crippen LogP contribution in [0.1, 0.15) is 26.2 Å². The molecule has 0 amide bonds. The molecule has 12 heavy (non-hydrogen) atoms. The lowest BCUT2D eigenvalue weighted by Gasteiger charge is -2.15. The molecule has 1 aliphatic carbocycles. The number of nitrogens with one attached hydrogen (secondary N) is 1. The Kier molecular flexibility index (Phi) is 4.58. The lowest BCUT2D eigenvalue weighted by atomic mass is 10.2. The third-order valence-electron chi connectivity index (χ3n) is 2.08. The summed E-state index contributed by atoms with van der Waals surface area (Å²) in [4.78, 5) is 0. The molecule has 0 saturated heterocycles. The Morgan fingerprint density at radius 2 is 2.33 bits per heavy atom. The maximum absolute atomic E-state index is 8.98. The summed E-state index contributed by atoms with van der Waals surface area (Å²) >= 11 is 0. The fraction of sp³-hybridized carbons (Fsp3) is 1.00. The first-order valence-electron chi connectivity index (χ1n) is 4.81. The van der Waals surface area contributed by atoms with Crippen LogP contribution < -0.4 is 5.32 Å². The van der Waals surface area contributed by atoms with Gasteiger partial charge in [0.25, 0.3) is 0 Å². The van der Waals surface area contributed by atoms with Crippen molar-refractivity contribution in [2.24, 2.45) is 0 Å². The van der Waals surface area contributed by atoms with E-state index in [1.165, 1.54) is 12.8 Å². The number of aliphatic hydroxyl groups is 1. The van der Waals surface area contributed by atoms with Crippen molar-refractivity contribution >= 4 is 0 Å². The molecule has 1 rings (SSSR count). The summed E-state index contributed by atoms with van der Waals surface area (Å²) < 4.78 is 5.22. The quantitative estimate of drug-likeness (QED) is 0.552. The van der Waals surface area contributed by atoms with E-state index in [0.717, 1.165) is 19.6 Å². The second kappa shape index (κ2) is 5.51. The number of aliphatic hydroxyl groups excluding tert-OH is 1. The van der Waals surface area contributed by atoms with Crippen molar-refractivity contribution in [2.75, 3.05) is 19.8 Å². The molecule has 0 radical (unpaired) electrons. The van der Waals surface area contributed by atoms with Gasteiger partial charge in [-0.05, 0) is 26.2 Å². The Balaban J connectivity index is 1.98. The van der Waals surface area contributed by atoms with Gasteiger partial charge in [-0.15, -0.1) is 0 Å². The maximum atomic E-state index is 8.98. The second-order valence-corrected chi connectivity index (χ2v) is 3.31. The third-order valence-corrected chi connectivity index (χ3v) is 2.08. The molecule has 1 atom stereocenters. The molecule has 3 nitrogen and oxygen atoms in total. The molecule has 0 aromatic rings. The molecule has 1 saturated carbocycles. The summed E-state index contributed by atoms with van der Waals surface area (Å²) in [5.74, 6) is 0. The minimum Gasteiger partial charge on any atom is -0.395 e. The molecule has 2 N–H and O–H groups in total.